The molecule has 0 saturated heterocycles. The molecule has 0 radical (unpaired) electrons. The number of sulfonamides is 1. The molecule has 3 rings (SSSR count). The van der Waals surface area contributed by atoms with Crippen molar-refractivity contribution in [3.63, 3.8) is 0 Å². The van der Waals surface area contributed by atoms with E-state index in [1.165, 1.54) is 4.90 Å². The molecule has 0 fully saturated rings. The fourth-order valence-corrected chi connectivity index (χ4v) is 5.47. The van der Waals surface area contributed by atoms with Crippen molar-refractivity contribution in [3.05, 3.63) is 101 Å². The van der Waals surface area contributed by atoms with E-state index in [2.05, 4.69) is 19.2 Å². The molecule has 9 heteroatoms. The van der Waals surface area contributed by atoms with Crippen LogP contribution in [0.4, 0.5) is 5.69 Å². The second kappa shape index (κ2) is 14.5. The molecule has 3 aromatic rings. The molecule has 220 valence electrons. The third kappa shape index (κ3) is 9.33. The van der Waals surface area contributed by atoms with Crippen molar-refractivity contribution in [2.45, 2.75) is 52.6 Å². The van der Waals surface area contributed by atoms with Crippen molar-refractivity contribution in [2.24, 2.45) is 5.92 Å². The van der Waals surface area contributed by atoms with Crippen LogP contribution in [0.5, 0.6) is 0 Å². The van der Waals surface area contributed by atoms with E-state index in [-0.39, 0.29) is 30.7 Å². The minimum absolute atomic E-state index is 0.0367. The highest BCUT2D eigenvalue weighted by Crippen LogP contribution is 2.24. The van der Waals surface area contributed by atoms with Crippen LogP contribution in [0.3, 0.4) is 0 Å². The Balaban J connectivity index is 2.05. The Morgan fingerprint density at radius 3 is 2.05 bits per heavy atom. The Labute approximate surface area is 249 Å². The first kappa shape index (κ1) is 32.2. The smallest absolute Gasteiger partial charge is 0.244 e. The summed E-state index contributed by atoms with van der Waals surface area (Å²) >= 11 is 6.49. The van der Waals surface area contributed by atoms with Crippen molar-refractivity contribution in [2.75, 3.05) is 23.7 Å². The Morgan fingerprint density at radius 1 is 0.878 bits per heavy atom. The lowest BCUT2D eigenvalue weighted by atomic mass is 10.0. The lowest BCUT2D eigenvalue weighted by molar-refractivity contribution is -0.140. The zero-order valence-electron chi connectivity index (χ0n) is 24.4. The number of halogens is 1. The molecule has 0 spiro atoms. The first-order valence-electron chi connectivity index (χ1n) is 13.8. The molecule has 0 heterocycles. The number of carbonyl (C=O) groups excluding carboxylic acids is 2. The number of nitrogens with zero attached hydrogens (tertiary/aromatic N) is 2. The topological polar surface area (TPSA) is 86.8 Å². The number of carbonyl (C=O) groups is 2. The molecule has 0 saturated carbocycles. The molecule has 2 amide bonds. The molecule has 0 bridgehead atoms. The van der Waals surface area contributed by atoms with Crippen LogP contribution in [0.15, 0.2) is 78.9 Å². The van der Waals surface area contributed by atoms with Crippen LogP contribution >= 0.6 is 11.6 Å². The van der Waals surface area contributed by atoms with Gasteiger partial charge in [0.15, 0.2) is 0 Å². The Hall–Kier alpha value is -3.36. The predicted molar refractivity (Wildman–Crippen MR) is 167 cm³/mol. The number of nitrogens with one attached hydrogen (secondary N) is 1. The van der Waals surface area contributed by atoms with Crippen LogP contribution in [0.1, 0.15) is 50.3 Å². The Kier molecular flexibility index (Phi) is 11.4. The summed E-state index contributed by atoms with van der Waals surface area (Å²) in [7, 11) is -3.83. The van der Waals surface area contributed by atoms with Crippen molar-refractivity contribution in [3.8, 4) is 0 Å². The summed E-state index contributed by atoms with van der Waals surface area (Å²) in [4.78, 5) is 29.2. The molecular weight excluding hydrogens is 558 g/mol. The number of anilines is 1. The van der Waals surface area contributed by atoms with Crippen molar-refractivity contribution in [1.29, 1.82) is 0 Å². The number of benzene rings is 3. The van der Waals surface area contributed by atoms with E-state index in [4.69, 9.17) is 11.6 Å². The van der Waals surface area contributed by atoms with Crippen molar-refractivity contribution >= 4 is 39.1 Å². The van der Waals surface area contributed by atoms with Crippen LogP contribution in [-0.4, -0.2) is 50.5 Å². The zero-order chi connectivity index (χ0) is 30.2. The quantitative estimate of drug-likeness (QED) is 0.276. The second-order valence-corrected chi connectivity index (χ2v) is 13.3. The lowest BCUT2D eigenvalue weighted by Gasteiger charge is -2.34. The first-order chi connectivity index (χ1) is 19.4. The van der Waals surface area contributed by atoms with E-state index in [0.29, 0.717) is 22.8 Å². The molecule has 1 N–H and O–H groups in total. The first-order valence-corrected chi connectivity index (χ1v) is 16.0. The summed E-state index contributed by atoms with van der Waals surface area (Å²) in [6.07, 6.45) is 1.33. The van der Waals surface area contributed by atoms with Crippen LogP contribution in [0.25, 0.3) is 0 Å². The predicted octanol–water partition coefficient (Wildman–Crippen LogP) is 5.64. The van der Waals surface area contributed by atoms with Gasteiger partial charge in [0.2, 0.25) is 21.8 Å². The third-order valence-corrected chi connectivity index (χ3v) is 8.29. The van der Waals surface area contributed by atoms with Gasteiger partial charge in [-0.3, -0.25) is 13.9 Å². The van der Waals surface area contributed by atoms with Gasteiger partial charge in [-0.1, -0.05) is 100.0 Å². The number of amides is 2. The minimum atomic E-state index is -3.83. The Bertz CT molecular complexity index is 1410. The highest BCUT2D eigenvalue weighted by Gasteiger charge is 2.33. The summed E-state index contributed by atoms with van der Waals surface area (Å²) in [5.41, 5.74) is 2.97. The maximum Gasteiger partial charge on any atom is 0.244 e. The van der Waals surface area contributed by atoms with Gasteiger partial charge >= 0.3 is 0 Å². The van der Waals surface area contributed by atoms with Crippen LogP contribution in [-0.2, 0) is 32.6 Å². The molecule has 3 aromatic carbocycles. The average molecular weight is 598 g/mol. The molecule has 7 nitrogen and oxygen atoms in total. The van der Waals surface area contributed by atoms with Crippen molar-refractivity contribution < 1.29 is 18.0 Å². The average Bonchev–Trinajstić information content (AvgIpc) is 2.93. The Morgan fingerprint density at radius 2 is 1.49 bits per heavy atom. The SMILES string of the molecule is CC(C)CNC(=O)[C@@H](Cc1ccccc1)N(Cc1ccccc1Cl)C(=O)CN(c1ccc(C(C)C)cc1)S(C)(=O)=O. The molecule has 0 aliphatic carbocycles. The number of hydrogen-bond donors (Lipinski definition) is 1. The van der Waals surface area contributed by atoms with Crippen LogP contribution in [0.2, 0.25) is 5.02 Å². The van der Waals surface area contributed by atoms with Gasteiger partial charge in [0, 0.05) is 24.5 Å². The summed E-state index contributed by atoms with van der Waals surface area (Å²) < 4.78 is 27.0. The molecule has 1 atom stereocenters. The maximum atomic E-state index is 14.1. The largest absolute Gasteiger partial charge is 0.354 e. The fraction of sp³-hybridized carbons (Fsp3) is 0.375. The lowest BCUT2D eigenvalue weighted by Crippen LogP contribution is -2.53. The van der Waals surface area contributed by atoms with Gasteiger partial charge in [-0.2, -0.15) is 0 Å². The van der Waals surface area contributed by atoms with E-state index in [0.717, 1.165) is 21.7 Å². The minimum Gasteiger partial charge on any atom is -0.354 e. The number of rotatable bonds is 13. The van der Waals surface area contributed by atoms with Crippen LogP contribution in [0, 0.1) is 5.92 Å². The summed E-state index contributed by atoms with van der Waals surface area (Å²) in [6, 6.07) is 22.8. The summed E-state index contributed by atoms with van der Waals surface area (Å²) in [5, 5.41) is 3.43. The maximum absolute atomic E-state index is 14.1. The monoisotopic (exact) mass is 597 g/mol. The fourth-order valence-electron chi connectivity index (χ4n) is 4.43. The van der Waals surface area contributed by atoms with Gasteiger partial charge in [-0.15, -0.1) is 0 Å². The van der Waals surface area contributed by atoms with Gasteiger partial charge in [-0.25, -0.2) is 8.42 Å². The molecule has 0 unspecified atom stereocenters. The summed E-state index contributed by atoms with van der Waals surface area (Å²) in [5.74, 6) is -0.343. The molecular formula is C32H40ClN3O4S. The molecule has 41 heavy (non-hydrogen) atoms. The van der Waals surface area contributed by atoms with Crippen molar-refractivity contribution in [1.82, 2.24) is 10.2 Å². The van der Waals surface area contributed by atoms with Gasteiger partial charge in [0.1, 0.15) is 12.6 Å². The highest BCUT2D eigenvalue weighted by atomic mass is 35.5. The van der Waals surface area contributed by atoms with E-state index in [1.807, 2.05) is 62.4 Å². The van der Waals surface area contributed by atoms with Gasteiger partial charge in [0.25, 0.3) is 0 Å². The van der Waals surface area contributed by atoms with Gasteiger partial charge < -0.3 is 10.2 Å². The summed E-state index contributed by atoms with van der Waals surface area (Å²) in [6.45, 7) is 8.10. The van der Waals surface area contributed by atoms with E-state index in [1.54, 1.807) is 30.3 Å². The van der Waals surface area contributed by atoms with Crippen LogP contribution < -0.4 is 9.62 Å². The standard InChI is InChI=1S/C32H40ClN3O4S/c1-23(2)20-34-32(38)30(19-25-11-7-6-8-12-25)35(21-27-13-9-10-14-29(27)33)31(37)22-36(41(5,39)40)28-17-15-26(16-18-28)24(3)4/h6-18,23-24,30H,19-22H2,1-5H3,(H,34,38)/t30-/m1/s1. The third-order valence-electron chi connectivity index (χ3n) is 6.78. The second-order valence-electron chi connectivity index (χ2n) is 11.0. The number of hydrogen-bond acceptors (Lipinski definition) is 4. The van der Waals surface area contributed by atoms with E-state index < -0.39 is 28.5 Å². The normalized spacial score (nSPS) is 12.3. The van der Waals surface area contributed by atoms with Gasteiger partial charge in [-0.05, 0) is 46.7 Å². The molecule has 0 aromatic heterocycles. The van der Waals surface area contributed by atoms with E-state index in [9.17, 15) is 18.0 Å². The molecule has 0 aliphatic heterocycles. The highest BCUT2D eigenvalue weighted by molar-refractivity contribution is 7.92. The molecule has 0 aliphatic rings. The van der Waals surface area contributed by atoms with E-state index >= 15 is 0 Å². The zero-order valence-corrected chi connectivity index (χ0v) is 26.0. The van der Waals surface area contributed by atoms with Gasteiger partial charge in [0.05, 0.1) is 11.9 Å².